The van der Waals surface area contributed by atoms with E-state index < -0.39 is 6.10 Å². The number of hydrogen-bond acceptors (Lipinski definition) is 1. The van der Waals surface area contributed by atoms with Gasteiger partial charge in [0.1, 0.15) is 5.82 Å². The Hall–Kier alpha value is -0.600. The molecular weight excluding hydrogens is 227 g/mol. The fourth-order valence-corrected chi connectivity index (χ4v) is 1.97. The highest BCUT2D eigenvalue weighted by Gasteiger charge is 2.15. The van der Waals surface area contributed by atoms with Crippen LogP contribution in [0.5, 0.6) is 0 Å². The van der Waals surface area contributed by atoms with Crippen molar-refractivity contribution in [3.63, 3.8) is 0 Å². The molecule has 16 heavy (non-hydrogen) atoms. The number of aliphatic hydroxyl groups excluding tert-OH is 1. The van der Waals surface area contributed by atoms with E-state index in [4.69, 9.17) is 11.6 Å². The third-order valence-electron chi connectivity index (χ3n) is 2.84. The summed E-state index contributed by atoms with van der Waals surface area (Å²) in [6.07, 6.45) is 1.96. The van der Waals surface area contributed by atoms with Crippen LogP contribution in [0.15, 0.2) is 18.2 Å². The number of aliphatic hydroxyl groups is 1. The second-order valence-corrected chi connectivity index (χ2v) is 4.68. The first-order chi connectivity index (χ1) is 7.54. The zero-order valence-electron chi connectivity index (χ0n) is 9.71. The summed E-state index contributed by atoms with van der Waals surface area (Å²) in [4.78, 5) is 0. The summed E-state index contributed by atoms with van der Waals surface area (Å²) < 4.78 is 13.0. The first kappa shape index (κ1) is 13.5. The fraction of sp³-hybridized carbons (Fsp3) is 0.538. The molecule has 1 nitrogen and oxygen atoms in total. The molecule has 0 radical (unpaired) electrons. The lowest BCUT2D eigenvalue weighted by Gasteiger charge is -2.18. The van der Waals surface area contributed by atoms with Crippen LogP contribution in [0, 0.1) is 11.7 Å². The summed E-state index contributed by atoms with van der Waals surface area (Å²) in [6, 6.07) is 4.25. The van der Waals surface area contributed by atoms with Gasteiger partial charge in [0.15, 0.2) is 0 Å². The van der Waals surface area contributed by atoms with Gasteiger partial charge >= 0.3 is 0 Å². The standard InChI is InChI=1S/C13H18ClFO/c1-3-4-9(2)13(16)8-10-7-11(15)5-6-12(10)14/h5-7,9,13,16H,3-4,8H2,1-2H3. The van der Waals surface area contributed by atoms with Gasteiger partial charge in [0.05, 0.1) is 6.10 Å². The van der Waals surface area contributed by atoms with Gasteiger partial charge in [-0.3, -0.25) is 0 Å². The Balaban J connectivity index is 2.68. The van der Waals surface area contributed by atoms with Crippen molar-refractivity contribution >= 4 is 11.6 Å². The fourth-order valence-electron chi connectivity index (χ4n) is 1.77. The van der Waals surface area contributed by atoms with Crippen LogP contribution < -0.4 is 0 Å². The zero-order valence-corrected chi connectivity index (χ0v) is 10.5. The number of hydrogen-bond donors (Lipinski definition) is 1. The van der Waals surface area contributed by atoms with Gasteiger partial charge < -0.3 is 5.11 Å². The summed E-state index contributed by atoms with van der Waals surface area (Å²) in [5.74, 6) is -0.0981. The Morgan fingerprint density at radius 3 is 2.75 bits per heavy atom. The molecule has 1 aromatic rings. The van der Waals surface area contributed by atoms with E-state index in [0.29, 0.717) is 17.0 Å². The minimum absolute atomic E-state index is 0.212. The average Bonchev–Trinajstić information content (AvgIpc) is 2.23. The molecule has 2 unspecified atom stereocenters. The van der Waals surface area contributed by atoms with E-state index in [9.17, 15) is 9.50 Å². The Bertz CT molecular complexity index is 341. The molecule has 0 saturated heterocycles. The Labute approximate surface area is 101 Å². The van der Waals surface area contributed by atoms with Gasteiger partial charge in [-0.05, 0) is 36.1 Å². The molecule has 0 spiro atoms. The van der Waals surface area contributed by atoms with Crippen molar-refractivity contribution in [2.75, 3.05) is 0 Å². The van der Waals surface area contributed by atoms with Gasteiger partial charge in [-0.25, -0.2) is 4.39 Å². The molecule has 1 aromatic carbocycles. The van der Waals surface area contributed by atoms with Crippen molar-refractivity contribution in [1.29, 1.82) is 0 Å². The maximum absolute atomic E-state index is 13.0. The average molecular weight is 245 g/mol. The van der Waals surface area contributed by atoms with Crippen LogP contribution in [-0.4, -0.2) is 11.2 Å². The van der Waals surface area contributed by atoms with Crippen molar-refractivity contribution in [1.82, 2.24) is 0 Å². The normalized spacial score (nSPS) is 14.8. The predicted octanol–water partition coefficient (Wildman–Crippen LogP) is 3.82. The molecule has 0 heterocycles. The molecule has 0 aromatic heterocycles. The maximum Gasteiger partial charge on any atom is 0.123 e. The monoisotopic (exact) mass is 244 g/mol. The van der Waals surface area contributed by atoms with Crippen LogP contribution in [0.2, 0.25) is 5.02 Å². The van der Waals surface area contributed by atoms with E-state index >= 15 is 0 Å². The van der Waals surface area contributed by atoms with Gasteiger partial charge in [-0.1, -0.05) is 31.9 Å². The van der Waals surface area contributed by atoms with Crippen LogP contribution in [0.25, 0.3) is 0 Å². The lowest BCUT2D eigenvalue weighted by molar-refractivity contribution is 0.111. The predicted molar refractivity (Wildman–Crippen MR) is 65.2 cm³/mol. The summed E-state index contributed by atoms with van der Waals surface area (Å²) in [5, 5.41) is 10.5. The summed E-state index contributed by atoms with van der Waals surface area (Å²) >= 11 is 5.94. The maximum atomic E-state index is 13.0. The van der Waals surface area contributed by atoms with E-state index in [1.54, 1.807) is 0 Å². The summed E-state index contributed by atoms with van der Waals surface area (Å²) in [6.45, 7) is 4.08. The lowest BCUT2D eigenvalue weighted by atomic mass is 9.94. The van der Waals surface area contributed by atoms with Crippen LogP contribution in [0.3, 0.4) is 0 Å². The van der Waals surface area contributed by atoms with Gasteiger partial charge in [-0.2, -0.15) is 0 Å². The molecule has 1 rings (SSSR count). The Kier molecular flexibility index (Phi) is 5.23. The van der Waals surface area contributed by atoms with Crippen molar-refractivity contribution in [2.45, 2.75) is 39.2 Å². The first-order valence-corrected chi connectivity index (χ1v) is 6.04. The molecular formula is C13H18ClFO. The van der Waals surface area contributed by atoms with E-state index in [-0.39, 0.29) is 11.7 Å². The van der Waals surface area contributed by atoms with E-state index in [2.05, 4.69) is 6.92 Å². The van der Waals surface area contributed by atoms with E-state index in [1.165, 1.54) is 18.2 Å². The van der Waals surface area contributed by atoms with Gasteiger partial charge in [0.2, 0.25) is 0 Å². The van der Waals surface area contributed by atoms with Crippen LogP contribution in [0.4, 0.5) is 4.39 Å². The number of halogens is 2. The van der Waals surface area contributed by atoms with Gasteiger partial charge in [-0.15, -0.1) is 0 Å². The highest BCUT2D eigenvalue weighted by Crippen LogP contribution is 2.22. The second kappa shape index (κ2) is 6.21. The summed E-state index contributed by atoms with van der Waals surface area (Å²) in [7, 11) is 0. The zero-order chi connectivity index (χ0) is 12.1. The Morgan fingerprint density at radius 1 is 1.44 bits per heavy atom. The van der Waals surface area contributed by atoms with Crippen LogP contribution in [-0.2, 0) is 6.42 Å². The molecule has 90 valence electrons. The first-order valence-electron chi connectivity index (χ1n) is 5.66. The third-order valence-corrected chi connectivity index (χ3v) is 3.21. The second-order valence-electron chi connectivity index (χ2n) is 4.27. The molecule has 0 amide bonds. The third kappa shape index (κ3) is 3.76. The SMILES string of the molecule is CCCC(C)C(O)Cc1cc(F)ccc1Cl. The molecule has 0 bridgehead atoms. The topological polar surface area (TPSA) is 20.2 Å². The molecule has 0 aliphatic heterocycles. The van der Waals surface area contributed by atoms with Crippen LogP contribution in [0.1, 0.15) is 32.3 Å². The highest BCUT2D eigenvalue weighted by molar-refractivity contribution is 6.31. The molecule has 2 atom stereocenters. The van der Waals surface area contributed by atoms with Gasteiger partial charge in [0.25, 0.3) is 0 Å². The van der Waals surface area contributed by atoms with E-state index in [0.717, 1.165) is 12.8 Å². The Morgan fingerprint density at radius 2 is 2.12 bits per heavy atom. The van der Waals surface area contributed by atoms with Crippen molar-refractivity contribution in [3.05, 3.63) is 34.6 Å². The molecule has 3 heteroatoms. The molecule has 0 fully saturated rings. The minimum atomic E-state index is -0.459. The number of rotatable bonds is 5. The molecule has 1 N–H and O–H groups in total. The molecule has 0 aliphatic rings. The quantitative estimate of drug-likeness (QED) is 0.835. The van der Waals surface area contributed by atoms with E-state index in [1.807, 2.05) is 6.92 Å². The largest absolute Gasteiger partial charge is 0.393 e. The smallest absolute Gasteiger partial charge is 0.123 e. The molecule has 0 saturated carbocycles. The summed E-state index contributed by atoms with van der Waals surface area (Å²) in [5.41, 5.74) is 0.678. The molecule has 0 aliphatic carbocycles. The minimum Gasteiger partial charge on any atom is -0.393 e. The van der Waals surface area contributed by atoms with Gasteiger partial charge in [0, 0.05) is 11.4 Å². The highest BCUT2D eigenvalue weighted by atomic mass is 35.5. The number of benzene rings is 1. The van der Waals surface area contributed by atoms with Crippen molar-refractivity contribution < 1.29 is 9.50 Å². The van der Waals surface area contributed by atoms with Crippen molar-refractivity contribution in [2.24, 2.45) is 5.92 Å². The van der Waals surface area contributed by atoms with Crippen molar-refractivity contribution in [3.8, 4) is 0 Å². The lowest BCUT2D eigenvalue weighted by Crippen LogP contribution is -2.20. The van der Waals surface area contributed by atoms with Crippen LogP contribution >= 0.6 is 11.6 Å².